The van der Waals surface area contributed by atoms with Gasteiger partial charge in [-0.2, -0.15) is 0 Å². The van der Waals surface area contributed by atoms with E-state index in [0.717, 1.165) is 54.2 Å². The van der Waals surface area contributed by atoms with Crippen molar-refractivity contribution in [1.29, 1.82) is 0 Å². The summed E-state index contributed by atoms with van der Waals surface area (Å²) in [5.74, 6) is 3.22. The number of imidazole rings is 1. The number of carbonyl (C=O) groups is 1. The van der Waals surface area contributed by atoms with E-state index in [-0.39, 0.29) is 19.1 Å². The van der Waals surface area contributed by atoms with E-state index in [1.54, 1.807) is 0 Å². The van der Waals surface area contributed by atoms with E-state index in [2.05, 4.69) is 20.1 Å². The third kappa shape index (κ3) is 4.34. The molecule has 0 saturated carbocycles. The minimum absolute atomic E-state index is 0.0971. The molecule has 3 heterocycles. The van der Waals surface area contributed by atoms with Crippen LogP contribution in [-0.2, 0) is 37.5 Å². The molecule has 0 aliphatic carbocycles. The van der Waals surface area contributed by atoms with Gasteiger partial charge in [0.25, 0.3) is 0 Å². The molecule has 0 atom stereocenters. The van der Waals surface area contributed by atoms with Gasteiger partial charge < -0.3 is 19.2 Å². The largest absolute Gasteiger partial charge is 0.486 e. The summed E-state index contributed by atoms with van der Waals surface area (Å²) in [7, 11) is 0. The molecule has 0 saturated heterocycles. The van der Waals surface area contributed by atoms with Crippen LogP contribution in [0.25, 0.3) is 11.0 Å². The molecule has 0 fully saturated rings. The molecule has 5 rings (SSSR count). The number of nitrogens with zero attached hydrogens (tertiary/aromatic N) is 5. The van der Waals surface area contributed by atoms with Crippen LogP contribution in [0.1, 0.15) is 36.7 Å². The van der Waals surface area contributed by atoms with Crippen LogP contribution in [0.15, 0.2) is 54.6 Å². The maximum atomic E-state index is 12.9. The van der Waals surface area contributed by atoms with E-state index in [1.807, 2.05) is 59.2 Å². The molecule has 4 aromatic rings. The van der Waals surface area contributed by atoms with E-state index in [1.165, 1.54) is 6.42 Å². The van der Waals surface area contributed by atoms with E-state index in [0.29, 0.717) is 12.4 Å². The number of rotatable bonds is 7. The highest BCUT2D eigenvalue weighted by atomic mass is 16.5. The molecule has 0 bridgehead atoms. The molecule has 0 spiro atoms. The maximum absolute atomic E-state index is 12.9. The molecule has 0 unspecified atom stereocenters. The van der Waals surface area contributed by atoms with Crippen molar-refractivity contribution in [2.24, 2.45) is 0 Å². The molecular formula is C24H26N6O2. The number of benzene rings is 2. The van der Waals surface area contributed by atoms with Crippen molar-refractivity contribution in [3.8, 4) is 5.75 Å². The van der Waals surface area contributed by atoms with Gasteiger partial charge in [0.15, 0.2) is 5.82 Å². The number of hydrogen-bond acceptors (Lipinski definition) is 5. The smallest absolute Gasteiger partial charge is 0.240 e. The van der Waals surface area contributed by atoms with Gasteiger partial charge >= 0.3 is 0 Å². The third-order valence-electron chi connectivity index (χ3n) is 5.78. The second-order valence-corrected chi connectivity index (χ2v) is 7.98. The Morgan fingerprint density at radius 2 is 1.81 bits per heavy atom. The first kappa shape index (κ1) is 20.2. The molecule has 1 N–H and O–H groups in total. The normalized spacial score (nSPS) is 13.5. The van der Waals surface area contributed by atoms with Crippen LogP contribution in [0.3, 0.4) is 0 Å². The monoisotopic (exact) mass is 430 g/mol. The second kappa shape index (κ2) is 9.21. The SMILES string of the molecule is O=C(Cn1c(COc2ccccc2)nc2ccccc21)NCc1nnc2n1CCCCC2. The summed E-state index contributed by atoms with van der Waals surface area (Å²) in [4.78, 5) is 17.5. The lowest BCUT2D eigenvalue weighted by atomic mass is 10.2. The number of hydrogen-bond donors (Lipinski definition) is 1. The predicted molar refractivity (Wildman–Crippen MR) is 120 cm³/mol. The van der Waals surface area contributed by atoms with Crippen LogP contribution in [0.4, 0.5) is 0 Å². The number of para-hydroxylation sites is 3. The Morgan fingerprint density at radius 3 is 2.72 bits per heavy atom. The molecule has 32 heavy (non-hydrogen) atoms. The standard InChI is InChI=1S/C24H26N6O2/c31-24(25-15-22-28-27-21-13-5-2-8-14-29(21)22)16-30-20-12-7-6-11-19(20)26-23(30)17-32-18-9-3-1-4-10-18/h1,3-4,6-7,9-12H,2,5,8,13-17H2,(H,25,31). The number of nitrogens with one attached hydrogen (secondary N) is 1. The van der Waals surface area contributed by atoms with Crippen molar-refractivity contribution in [2.45, 2.75) is 51.9 Å². The fourth-order valence-electron chi connectivity index (χ4n) is 4.13. The number of aromatic nitrogens is 5. The van der Waals surface area contributed by atoms with E-state index < -0.39 is 0 Å². The van der Waals surface area contributed by atoms with Crippen molar-refractivity contribution in [3.63, 3.8) is 0 Å². The fraction of sp³-hybridized carbons (Fsp3) is 0.333. The Morgan fingerprint density at radius 1 is 0.969 bits per heavy atom. The molecule has 1 aliphatic heterocycles. The van der Waals surface area contributed by atoms with Gasteiger partial charge in [0, 0.05) is 13.0 Å². The van der Waals surface area contributed by atoms with Crippen LogP contribution in [0, 0.1) is 0 Å². The first-order chi connectivity index (χ1) is 15.8. The number of amides is 1. The summed E-state index contributed by atoms with van der Waals surface area (Å²) in [5.41, 5.74) is 1.75. The zero-order valence-electron chi connectivity index (χ0n) is 17.9. The lowest BCUT2D eigenvalue weighted by Gasteiger charge is -2.12. The van der Waals surface area contributed by atoms with Gasteiger partial charge in [-0.25, -0.2) is 4.98 Å². The van der Waals surface area contributed by atoms with Gasteiger partial charge in [0.2, 0.25) is 5.91 Å². The Labute approximate surface area is 186 Å². The summed E-state index contributed by atoms with van der Waals surface area (Å²) < 4.78 is 9.97. The van der Waals surface area contributed by atoms with Crippen molar-refractivity contribution >= 4 is 16.9 Å². The van der Waals surface area contributed by atoms with E-state index in [4.69, 9.17) is 9.72 Å². The summed E-state index contributed by atoms with van der Waals surface area (Å²) in [5, 5.41) is 11.6. The van der Waals surface area contributed by atoms with Crippen molar-refractivity contribution in [3.05, 3.63) is 72.1 Å². The molecule has 2 aromatic carbocycles. The van der Waals surface area contributed by atoms with Crippen molar-refractivity contribution in [1.82, 2.24) is 29.6 Å². The lowest BCUT2D eigenvalue weighted by Crippen LogP contribution is -2.29. The molecule has 0 radical (unpaired) electrons. The van der Waals surface area contributed by atoms with Crippen molar-refractivity contribution in [2.75, 3.05) is 0 Å². The van der Waals surface area contributed by atoms with Crippen LogP contribution in [0.2, 0.25) is 0 Å². The molecule has 8 heteroatoms. The minimum Gasteiger partial charge on any atom is -0.486 e. The van der Waals surface area contributed by atoms with Gasteiger partial charge in [-0.05, 0) is 37.1 Å². The fourth-order valence-corrected chi connectivity index (χ4v) is 4.13. The summed E-state index contributed by atoms with van der Waals surface area (Å²) in [6.45, 7) is 1.73. The quantitative estimate of drug-likeness (QED) is 0.486. The van der Waals surface area contributed by atoms with Crippen LogP contribution >= 0.6 is 0 Å². The number of fused-ring (bicyclic) bond motifs is 2. The zero-order valence-corrected chi connectivity index (χ0v) is 17.9. The highest BCUT2D eigenvalue weighted by Gasteiger charge is 2.17. The molecule has 164 valence electrons. The highest BCUT2D eigenvalue weighted by molar-refractivity contribution is 5.81. The second-order valence-electron chi connectivity index (χ2n) is 7.98. The Hall–Kier alpha value is -3.68. The van der Waals surface area contributed by atoms with Crippen LogP contribution in [0.5, 0.6) is 5.75 Å². The topological polar surface area (TPSA) is 86.9 Å². The number of carbonyl (C=O) groups excluding carboxylic acids is 1. The van der Waals surface area contributed by atoms with Crippen LogP contribution < -0.4 is 10.1 Å². The highest BCUT2D eigenvalue weighted by Crippen LogP contribution is 2.19. The molecule has 2 aromatic heterocycles. The van der Waals surface area contributed by atoms with Gasteiger partial charge in [-0.3, -0.25) is 4.79 Å². The van der Waals surface area contributed by atoms with Crippen LogP contribution in [-0.4, -0.2) is 30.2 Å². The molecular weight excluding hydrogens is 404 g/mol. The summed E-state index contributed by atoms with van der Waals surface area (Å²) in [6, 6.07) is 17.4. The van der Waals surface area contributed by atoms with Crippen molar-refractivity contribution < 1.29 is 9.53 Å². The maximum Gasteiger partial charge on any atom is 0.240 e. The predicted octanol–water partition coefficient (Wildman–Crippen LogP) is 3.25. The minimum atomic E-state index is -0.0971. The number of aryl methyl sites for hydroxylation is 1. The summed E-state index contributed by atoms with van der Waals surface area (Å²) >= 11 is 0. The first-order valence-electron chi connectivity index (χ1n) is 11.1. The molecule has 1 aliphatic rings. The van der Waals surface area contributed by atoms with Gasteiger partial charge in [-0.1, -0.05) is 36.8 Å². The van der Waals surface area contributed by atoms with E-state index >= 15 is 0 Å². The molecule has 8 nitrogen and oxygen atoms in total. The summed E-state index contributed by atoms with van der Waals surface area (Å²) in [6.07, 6.45) is 4.42. The van der Waals surface area contributed by atoms with Gasteiger partial charge in [-0.15, -0.1) is 10.2 Å². The zero-order chi connectivity index (χ0) is 21.8. The number of ether oxygens (including phenoxy) is 1. The van der Waals surface area contributed by atoms with E-state index in [9.17, 15) is 4.79 Å². The third-order valence-corrected chi connectivity index (χ3v) is 5.78. The van der Waals surface area contributed by atoms with Gasteiger partial charge in [0.1, 0.15) is 30.5 Å². The van der Waals surface area contributed by atoms with Gasteiger partial charge in [0.05, 0.1) is 17.6 Å². The average Bonchev–Trinajstić information content (AvgIpc) is 3.28. The Kier molecular flexibility index (Phi) is 5.83. The Bertz CT molecular complexity index is 1210. The average molecular weight is 431 g/mol. The lowest BCUT2D eigenvalue weighted by molar-refractivity contribution is -0.121. The first-order valence-corrected chi connectivity index (χ1v) is 11.1. The Balaban J connectivity index is 1.30. The molecule has 1 amide bonds.